The lowest BCUT2D eigenvalue weighted by molar-refractivity contribution is 0.0518. The van der Waals surface area contributed by atoms with Crippen LogP contribution in [0.3, 0.4) is 0 Å². The minimum absolute atomic E-state index is 0.159. The molecule has 20 heavy (non-hydrogen) atoms. The van der Waals surface area contributed by atoms with Crippen molar-refractivity contribution in [1.29, 1.82) is 0 Å². The van der Waals surface area contributed by atoms with E-state index in [2.05, 4.69) is 15.4 Å². The van der Waals surface area contributed by atoms with Gasteiger partial charge in [0.2, 0.25) is 0 Å². The summed E-state index contributed by atoms with van der Waals surface area (Å²) in [4.78, 5) is 11.7. The molecule has 0 saturated heterocycles. The Labute approximate surface area is 121 Å². The molecule has 2 aromatic heterocycles. The molecule has 0 aliphatic carbocycles. The molecule has 0 fully saturated rings. The van der Waals surface area contributed by atoms with Gasteiger partial charge < -0.3 is 4.74 Å². The maximum absolute atomic E-state index is 11.7. The maximum Gasteiger partial charge on any atom is 0.360 e. The van der Waals surface area contributed by atoms with Crippen LogP contribution >= 0.6 is 11.6 Å². The molecule has 0 bridgehead atoms. The molecule has 0 saturated carbocycles. The van der Waals surface area contributed by atoms with Crippen molar-refractivity contribution in [2.45, 2.75) is 25.8 Å². The van der Waals surface area contributed by atoms with Gasteiger partial charge in [0.1, 0.15) is 0 Å². The van der Waals surface area contributed by atoms with E-state index in [-0.39, 0.29) is 11.6 Å². The summed E-state index contributed by atoms with van der Waals surface area (Å²) in [5.74, 6) is -0.332. The first-order chi connectivity index (χ1) is 9.67. The highest BCUT2D eigenvalue weighted by molar-refractivity contribution is 6.17. The van der Waals surface area contributed by atoms with Crippen LogP contribution in [0.5, 0.6) is 0 Å². The van der Waals surface area contributed by atoms with E-state index in [0.29, 0.717) is 18.8 Å². The highest BCUT2D eigenvalue weighted by atomic mass is 35.5. The van der Waals surface area contributed by atoms with Gasteiger partial charge in [-0.2, -0.15) is 5.10 Å². The van der Waals surface area contributed by atoms with Crippen molar-refractivity contribution in [3.63, 3.8) is 0 Å². The van der Waals surface area contributed by atoms with Crippen LogP contribution in [0.25, 0.3) is 0 Å². The van der Waals surface area contributed by atoms with E-state index in [1.807, 2.05) is 13.1 Å². The Hall–Kier alpha value is -1.89. The van der Waals surface area contributed by atoms with Gasteiger partial charge in [-0.25, -0.2) is 9.48 Å². The standard InChI is InChI=1S/C12H16ClN5O2/c1-3-20-12(19)11-10(8-13)18(16-15-11)7-5-9-4-6-14-17(9)2/h4,6H,3,5,7-8H2,1-2H3. The number of aromatic nitrogens is 5. The molecule has 0 atom stereocenters. The summed E-state index contributed by atoms with van der Waals surface area (Å²) in [5.41, 5.74) is 1.83. The smallest absolute Gasteiger partial charge is 0.360 e. The third kappa shape index (κ3) is 2.98. The number of esters is 1. The third-order valence-electron chi connectivity index (χ3n) is 2.94. The topological polar surface area (TPSA) is 74.8 Å². The normalized spacial score (nSPS) is 10.8. The summed E-state index contributed by atoms with van der Waals surface area (Å²) in [5, 5.41) is 11.9. The number of hydrogen-bond acceptors (Lipinski definition) is 5. The largest absolute Gasteiger partial charge is 0.461 e. The average Bonchev–Trinajstić information content (AvgIpc) is 3.02. The number of alkyl halides is 1. The quantitative estimate of drug-likeness (QED) is 0.591. The predicted octanol–water partition coefficient (Wildman–Crippen LogP) is 1.17. The van der Waals surface area contributed by atoms with Gasteiger partial charge in [0.25, 0.3) is 0 Å². The zero-order chi connectivity index (χ0) is 14.5. The first-order valence-corrected chi connectivity index (χ1v) is 6.83. The lowest BCUT2D eigenvalue weighted by Gasteiger charge is -2.05. The van der Waals surface area contributed by atoms with E-state index in [9.17, 15) is 4.79 Å². The lowest BCUT2D eigenvalue weighted by atomic mass is 10.3. The molecule has 2 rings (SSSR count). The molecule has 2 heterocycles. The predicted molar refractivity (Wildman–Crippen MR) is 72.4 cm³/mol. The summed E-state index contributed by atoms with van der Waals surface area (Å²) >= 11 is 5.89. The highest BCUT2D eigenvalue weighted by Crippen LogP contribution is 2.11. The van der Waals surface area contributed by atoms with Crippen LogP contribution in [0.1, 0.15) is 28.8 Å². The van der Waals surface area contributed by atoms with Crippen LogP contribution in [0.15, 0.2) is 12.3 Å². The van der Waals surface area contributed by atoms with Gasteiger partial charge in [0.05, 0.1) is 18.2 Å². The van der Waals surface area contributed by atoms with Gasteiger partial charge in [-0.05, 0) is 13.0 Å². The Kier molecular flexibility index (Phi) is 4.73. The Bertz CT molecular complexity index is 592. The van der Waals surface area contributed by atoms with Crippen molar-refractivity contribution in [2.24, 2.45) is 7.05 Å². The molecule has 0 aliphatic heterocycles. The van der Waals surface area contributed by atoms with Crippen LogP contribution in [0, 0.1) is 0 Å². The van der Waals surface area contributed by atoms with Gasteiger partial charge in [0.15, 0.2) is 5.69 Å². The van der Waals surface area contributed by atoms with Gasteiger partial charge in [-0.15, -0.1) is 16.7 Å². The minimum Gasteiger partial charge on any atom is -0.461 e. The average molecular weight is 298 g/mol. The van der Waals surface area contributed by atoms with Crippen LogP contribution in [-0.2, 0) is 30.6 Å². The monoisotopic (exact) mass is 297 g/mol. The van der Waals surface area contributed by atoms with Crippen molar-refractivity contribution in [3.05, 3.63) is 29.3 Å². The Balaban J connectivity index is 2.12. The molecule has 108 valence electrons. The lowest BCUT2D eigenvalue weighted by Crippen LogP contribution is -2.12. The Morgan fingerprint density at radius 3 is 2.90 bits per heavy atom. The van der Waals surface area contributed by atoms with Crippen LogP contribution < -0.4 is 0 Å². The van der Waals surface area contributed by atoms with Crippen LogP contribution in [0.2, 0.25) is 0 Å². The molecule has 7 nitrogen and oxygen atoms in total. The van der Waals surface area contributed by atoms with E-state index in [1.165, 1.54) is 0 Å². The van der Waals surface area contributed by atoms with Gasteiger partial charge in [-0.1, -0.05) is 5.21 Å². The van der Waals surface area contributed by atoms with Gasteiger partial charge in [0, 0.05) is 31.9 Å². The van der Waals surface area contributed by atoms with E-state index in [1.54, 1.807) is 22.5 Å². The second kappa shape index (κ2) is 6.51. The SMILES string of the molecule is CCOC(=O)c1nnn(CCc2ccnn2C)c1CCl. The molecule has 0 N–H and O–H groups in total. The summed E-state index contributed by atoms with van der Waals surface area (Å²) in [7, 11) is 1.88. The molecular formula is C12H16ClN5O2. The number of carbonyl (C=O) groups is 1. The van der Waals surface area contributed by atoms with Crippen molar-refractivity contribution in [1.82, 2.24) is 24.8 Å². The second-order valence-electron chi connectivity index (χ2n) is 4.16. The fraction of sp³-hybridized carbons (Fsp3) is 0.500. The zero-order valence-electron chi connectivity index (χ0n) is 11.4. The minimum atomic E-state index is -0.491. The van der Waals surface area contributed by atoms with E-state index >= 15 is 0 Å². The highest BCUT2D eigenvalue weighted by Gasteiger charge is 2.20. The van der Waals surface area contributed by atoms with E-state index in [0.717, 1.165) is 12.1 Å². The summed E-state index contributed by atoms with van der Waals surface area (Å²) in [6, 6.07) is 1.93. The number of halogens is 1. The molecular weight excluding hydrogens is 282 g/mol. The van der Waals surface area contributed by atoms with Crippen molar-refractivity contribution in [2.75, 3.05) is 6.61 Å². The van der Waals surface area contributed by atoms with Gasteiger partial charge in [-0.3, -0.25) is 4.68 Å². The number of carbonyl (C=O) groups excluding carboxylic acids is 1. The summed E-state index contributed by atoms with van der Waals surface area (Å²) < 4.78 is 8.35. The van der Waals surface area contributed by atoms with Crippen molar-refractivity contribution < 1.29 is 9.53 Å². The molecule has 0 spiro atoms. The first kappa shape index (κ1) is 14.5. The molecule has 0 radical (unpaired) electrons. The Morgan fingerprint density at radius 1 is 1.50 bits per heavy atom. The molecule has 0 amide bonds. The van der Waals surface area contributed by atoms with E-state index < -0.39 is 5.97 Å². The Morgan fingerprint density at radius 2 is 2.30 bits per heavy atom. The van der Waals surface area contributed by atoms with Gasteiger partial charge >= 0.3 is 5.97 Å². The molecule has 0 aromatic carbocycles. The summed E-state index contributed by atoms with van der Waals surface area (Å²) in [6.45, 7) is 2.61. The number of nitrogens with zero attached hydrogens (tertiary/aromatic N) is 5. The van der Waals surface area contributed by atoms with Crippen molar-refractivity contribution in [3.8, 4) is 0 Å². The number of aryl methyl sites for hydroxylation is 3. The fourth-order valence-electron chi connectivity index (χ4n) is 1.87. The van der Waals surface area contributed by atoms with Crippen LogP contribution in [-0.4, -0.2) is 37.4 Å². The second-order valence-corrected chi connectivity index (χ2v) is 4.43. The number of ether oxygens (including phenoxy) is 1. The molecule has 8 heteroatoms. The molecule has 2 aromatic rings. The number of hydrogen-bond donors (Lipinski definition) is 0. The zero-order valence-corrected chi connectivity index (χ0v) is 12.2. The fourth-order valence-corrected chi connectivity index (χ4v) is 2.13. The molecule has 0 aliphatic rings. The first-order valence-electron chi connectivity index (χ1n) is 6.29. The van der Waals surface area contributed by atoms with E-state index in [4.69, 9.17) is 16.3 Å². The summed E-state index contributed by atoms with van der Waals surface area (Å²) in [6.07, 6.45) is 2.47. The van der Waals surface area contributed by atoms with Crippen LogP contribution in [0.4, 0.5) is 0 Å². The maximum atomic E-state index is 11.7. The van der Waals surface area contributed by atoms with Crippen molar-refractivity contribution >= 4 is 17.6 Å². The number of rotatable bonds is 6. The third-order valence-corrected chi connectivity index (χ3v) is 3.19. The molecule has 0 unspecified atom stereocenters.